The summed E-state index contributed by atoms with van der Waals surface area (Å²) in [4.78, 5) is 18.2. The topological polar surface area (TPSA) is 60.0 Å². The van der Waals surface area contributed by atoms with E-state index in [1.165, 1.54) is 16.2 Å². The van der Waals surface area contributed by atoms with Gasteiger partial charge in [0.05, 0.1) is 11.0 Å². The zero-order valence-corrected chi connectivity index (χ0v) is 33.9. The van der Waals surface area contributed by atoms with Gasteiger partial charge in [-0.15, -0.1) is 0 Å². The Kier molecular flexibility index (Phi) is 7.80. The highest BCUT2D eigenvalue weighted by atomic mass is 16.3. The van der Waals surface area contributed by atoms with Gasteiger partial charge in [-0.2, -0.15) is 9.97 Å². The van der Waals surface area contributed by atoms with Crippen LogP contribution in [-0.2, 0) is 0 Å². The van der Waals surface area contributed by atoms with Gasteiger partial charge in [0.15, 0.2) is 11.6 Å². The number of fused-ring (bicyclic) bond motifs is 11. The van der Waals surface area contributed by atoms with Crippen molar-refractivity contribution >= 4 is 93.1 Å². The highest BCUT2D eigenvalue weighted by Gasteiger charge is 2.22. The first-order chi connectivity index (χ1) is 31.2. The zero-order chi connectivity index (χ0) is 41.4. The summed E-state index contributed by atoms with van der Waals surface area (Å²) in [5.41, 5.74) is 8.67. The van der Waals surface area contributed by atoms with Crippen LogP contribution in [-0.4, -0.2) is 19.5 Å². The van der Waals surface area contributed by atoms with Gasteiger partial charge in [0, 0.05) is 49.7 Å². The number of nitrogens with zero attached hydrogens (tertiary/aromatic N) is 5. The van der Waals surface area contributed by atoms with Crippen molar-refractivity contribution in [2.75, 3.05) is 4.90 Å². The van der Waals surface area contributed by atoms with Crippen LogP contribution in [0.15, 0.2) is 217 Å². The molecule has 0 saturated carbocycles. The average Bonchev–Trinajstić information content (AvgIpc) is 3.90. The predicted molar refractivity (Wildman–Crippen MR) is 260 cm³/mol. The molecule has 0 aliphatic rings. The monoisotopic (exact) mass is 805 g/mol. The summed E-state index contributed by atoms with van der Waals surface area (Å²) in [6.45, 7) is 0. The smallest absolute Gasteiger partial charge is 0.238 e. The molecule has 0 amide bonds. The van der Waals surface area contributed by atoms with Gasteiger partial charge in [-0.1, -0.05) is 140 Å². The number of hydrogen-bond acceptors (Lipinski definition) is 5. The van der Waals surface area contributed by atoms with Gasteiger partial charge in [0.2, 0.25) is 5.95 Å². The molecule has 13 aromatic rings. The van der Waals surface area contributed by atoms with Gasteiger partial charge in [0.1, 0.15) is 11.2 Å². The fourth-order valence-electron chi connectivity index (χ4n) is 9.47. The van der Waals surface area contributed by atoms with Gasteiger partial charge in [-0.05, 0) is 105 Å². The van der Waals surface area contributed by atoms with E-state index in [2.05, 4.69) is 198 Å². The molecule has 0 atom stereocenters. The summed E-state index contributed by atoms with van der Waals surface area (Å²) in [6, 6.07) is 74.6. The SMILES string of the molecule is c1ccc(-c2nc(-c3ccc4oc5ccc6ccccc6c5c4c3)nc(-n3c4ccc(N(c5ccccc5)c5ccc6ccccc6c5)cc4c4c5ccccc5ccc43)n2)cc1. The second-order valence-corrected chi connectivity index (χ2v) is 16.0. The predicted octanol–water partition coefficient (Wildman–Crippen LogP) is 15.1. The molecule has 3 aromatic heterocycles. The van der Waals surface area contributed by atoms with Crippen molar-refractivity contribution < 1.29 is 4.42 Å². The third-order valence-electron chi connectivity index (χ3n) is 12.4. The molecule has 10 aromatic carbocycles. The molecule has 0 unspecified atom stereocenters. The van der Waals surface area contributed by atoms with Crippen LogP contribution in [0.25, 0.3) is 105 Å². The van der Waals surface area contributed by atoms with Crippen molar-refractivity contribution in [3.63, 3.8) is 0 Å². The highest BCUT2D eigenvalue weighted by Crippen LogP contribution is 2.43. The molecule has 0 saturated heterocycles. The standard InChI is InChI=1S/C57H35N5O/c1-3-16-39(17-4-1)55-58-56(41-26-31-51-48(34-41)54-46-22-12-10-15-38(46)25-32-52(54)63-51)60-57(59-55)62-49-30-28-44(35-47(49)53-45-21-11-9-14-37(45)24-29-50(53)62)61(42-19-5-2-6-20-42)43-27-23-36-13-7-8-18-40(36)33-43/h1-35H. The van der Waals surface area contributed by atoms with Crippen molar-refractivity contribution in [2.45, 2.75) is 0 Å². The molecule has 0 aliphatic carbocycles. The van der Waals surface area contributed by atoms with Crippen LogP contribution >= 0.6 is 0 Å². The molecular weight excluding hydrogens is 771 g/mol. The van der Waals surface area contributed by atoms with Crippen LogP contribution < -0.4 is 4.90 Å². The fourth-order valence-corrected chi connectivity index (χ4v) is 9.47. The van der Waals surface area contributed by atoms with E-state index in [0.29, 0.717) is 17.6 Å². The highest BCUT2D eigenvalue weighted by molar-refractivity contribution is 6.22. The van der Waals surface area contributed by atoms with Crippen LogP contribution in [0.4, 0.5) is 17.1 Å². The van der Waals surface area contributed by atoms with Gasteiger partial charge in [-0.25, -0.2) is 4.98 Å². The summed E-state index contributed by atoms with van der Waals surface area (Å²) < 4.78 is 8.61. The lowest BCUT2D eigenvalue weighted by molar-refractivity contribution is 0.669. The molecule has 6 heteroatoms. The van der Waals surface area contributed by atoms with Crippen molar-refractivity contribution in [1.29, 1.82) is 0 Å². The molecule has 0 spiro atoms. The number of rotatable bonds is 6. The maximum absolute atomic E-state index is 6.40. The van der Waals surface area contributed by atoms with Crippen molar-refractivity contribution in [1.82, 2.24) is 19.5 Å². The van der Waals surface area contributed by atoms with E-state index in [9.17, 15) is 0 Å². The quantitative estimate of drug-likeness (QED) is 0.167. The lowest BCUT2D eigenvalue weighted by atomic mass is 10.0. The number of furan rings is 1. The van der Waals surface area contributed by atoms with Crippen molar-refractivity contribution in [3.05, 3.63) is 212 Å². The van der Waals surface area contributed by atoms with E-state index in [4.69, 9.17) is 19.4 Å². The number of anilines is 3. The summed E-state index contributed by atoms with van der Waals surface area (Å²) in [6.07, 6.45) is 0. The largest absolute Gasteiger partial charge is 0.456 e. The first kappa shape index (κ1) is 35.2. The summed E-state index contributed by atoms with van der Waals surface area (Å²) in [7, 11) is 0. The molecule has 13 rings (SSSR count). The van der Waals surface area contributed by atoms with Crippen LogP contribution in [0.3, 0.4) is 0 Å². The van der Waals surface area contributed by atoms with Gasteiger partial charge < -0.3 is 9.32 Å². The molecule has 0 radical (unpaired) electrons. The van der Waals surface area contributed by atoms with Gasteiger partial charge in [-0.3, -0.25) is 4.57 Å². The summed E-state index contributed by atoms with van der Waals surface area (Å²) >= 11 is 0. The minimum Gasteiger partial charge on any atom is -0.456 e. The third kappa shape index (κ3) is 5.69. The van der Waals surface area contributed by atoms with E-state index >= 15 is 0 Å². The Morgan fingerprint density at radius 3 is 1.73 bits per heavy atom. The number of hydrogen-bond donors (Lipinski definition) is 0. The summed E-state index contributed by atoms with van der Waals surface area (Å²) in [5.74, 6) is 1.71. The second kappa shape index (κ2) is 14.0. The fraction of sp³-hybridized carbons (Fsp3) is 0. The van der Waals surface area contributed by atoms with E-state index in [1.807, 2.05) is 24.3 Å². The second-order valence-electron chi connectivity index (χ2n) is 16.0. The lowest BCUT2D eigenvalue weighted by Crippen LogP contribution is -2.10. The molecule has 6 nitrogen and oxygen atoms in total. The Balaban J connectivity index is 1.07. The maximum Gasteiger partial charge on any atom is 0.238 e. The molecule has 0 N–H and O–H groups in total. The average molecular weight is 806 g/mol. The Bertz CT molecular complexity index is 3930. The molecular formula is C57H35N5O. The Labute approximate surface area is 361 Å². The minimum atomic E-state index is 0.541. The van der Waals surface area contributed by atoms with E-state index < -0.39 is 0 Å². The van der Waals surface area contributed by atoms with E-state index in [-0.39, 0.29) is 0 Å². The number of para-hydroxylation sites is 1. The number of benzene rings is 10. The molecule has 3 heterocycles. The normalized spacial score (nSPS) is 11.8. The molecule has 0 fully saturated rings. The minimum absolute atomic E-state index is 0.541. The van der Waals surface area contributed by atoms with Crippen LogP contribution in [0.2, 0.25) is 0 Å². The van der Waals surface area contributed by atoms with Crippen molar-refractivity contribution in [3.8, 4) is 28.7 Å². The number of aromatic nitrogens is 4. The van der Waals surface area contributed by atoms with Crippen LogP contribution in [0.5, 0.6) is 0 Å². The Hall–Kier alpha value is -8.61. The molecule has 0 bridgehead atoms. The van der Waals surface area contributed by atoms with Crippen LogP contribution in [0, 0.1) is 0 Å². The first-order valence-corrected chi connectivity index (χ1v) is 21.2. The maximum atomic E-state index is 6.40. The molecule has 63 heavy (non-hydrogen) atoms. The van der Waals surface area contributed by atoms with Crippen molar-refractivity contribution in [2.24, 2.45) is 0 Å². The summed E-state index contributed by atoms with van der Waals surface area (Å²) in [5, 5.41) is 11.4. The Morgan fingerprint density at radius 2 is 0.937 bits per heavy atom. The Morgan fingerprint density at radius 1 is 0.349 bits per heavy atom. The molecule has 294 valence electrons. The zero-order valence-electron chi connectivity index (χ0n) is 33.9. The van der Waals surface area contributed by atoms with E-state index in [1.54, 1.807) is 0 Å². The van der Waals surface area contributed by atoms with Gasteiger partial charge in [0.25, 0.3) is 0 Å². The van der Waals surface area contributed by atoms with Gasteiger partial charge >= 0.3 is 0 Å². The molecule has 0 aliphatic heterocycles. The lowest BCUT2D eigenvalue weighted by Gasteiger charge is -2.26. The van der Waals surface area contributed by atoms with Crippen LogP contribution in [0.1, 0.15) is 0 Å². The third-order valence-corrected chi connectivity index (χ3v) is 12.4. The van der Waals surface area contributed by atoms with E-state index in [0.717, 1.165) is 88.1 Å². The first-order valence-electron chi connectivity index (χ1n) is 21.2.